The van der Waals surface area contributed by atoms with E-state index >= 15 is 0 Å². The highest BCUT2D eigenvalue weighted by Gasteiger charge is 2.26. The first-order chi connectivity index (χ1) is 11.7. The molecule has 0 bridgehead atoms. The van der Waals surface area contributed by atoms with Crippen LogP contribution in [0, 0.1) is 0 Å². The molecule has 1 aromatic heterocycles. The zero-order valence-electron chi connectivity index (χ0n) is 13.7. The summed E-state index contributed by atoms with van der Waals surface area (Å²) in [5.41, 5.74) is 2.91. The van der Waals surface area contributed by atoms with E-state index in [9.17, 15) is 4.79 Å². The Balaban J connectivity index is 1.51. The number of piperazine rings is 1. The van der Waals surface area contributed by atoms with Crippen molar-refractivity contribution in [2.45, 2.75) is 6.04 Å². The molecule has 2 heterocycles. The van der Waals surface area contributed by atoms with Gasteiger partial charge in [0.25, 0.3) is 0 Å². The molecule has 0 saturated carbocycles. The predicted octanol–water partition coefficient (Wildman–Crippen LogP) is 1.65. The van der Waals surface area contributed by atoms with E-state index < -0.39 is 0 Å². The Morgan fingerprint density at radius 2 is 2.17 bits per heavy atom. The number of anilines is 1. The zero-order valence-corrected chi connectivity index (χ0v) is 14.5. The van der Waals surface area contributed by atoms with E-state index in [2.05, 4.69) is 61.9 Å². The number of hydrogen-bond donors (Lipinski definition) is 2. The summed E-state index contributed by atoms with van der Waals surface area (Å²) in [4.78, 5) is 16.6. The van der Waals surface area contributed by atoms with Crippen LogP contribution in [0.3, 0.4) is 0 Å². The lowest BCUT2D eigenvalue weighted by Gasteiger charge is -2.40. The second kappa shape index (κ2) is 8.18. The number of carbonyl (C=O) groups excluding carboxylic acids is 1. The predicted molar refractivity (Wildman–Crippen MR) is 95.2 cm³/mol. The van der Waals surface area contributed by atoms with E-state index in [0.717, 1.165) is 26.2 Å². The smallest absolute Gasteiger partial charge is 0.321 e. The minimum Gasteiger partial charge on any atom is -0.337 e. The third-order valence-corrected chi connectivity index (χ3v) is 4.75. The van der Waals surface area contributed by atoms with E-state index in [1.54, 1.807) is 5.51 Å². The molecule has 2 aromatic rings. The molecule has 1 aromatic carbocycles. The lowest BCUT2D eigenvalue weighted by Crippen LogP contribution is -2.49. The van der Waals surface area contributed by atoms with Gasteiger partial charge in [-0.3, -0.25) is 10.2 Å². The molecule has 1 atom stereocenters. The highest BCUT2D eigenvalue weighted by Crippen LogP contribution is 2.24. The third kappa shape index (κ3) is 4.50. The van der Waals surface area contributed by atoms with Crippen molar-refractivity contribution < 1.29 is 4.79 Å². The standard InChI is InChI=1S/C16H22N6OS/c1-21-9-10-22(14(11-21)13-5-3-2-4-6-13)8-7-17-15(23)19-16-20-18-12-24-16/h2-6,12,14H,7-11H2,1H3,(H2,17,19,20,23). The summed E-state index contributed by atoms with van der Waals surface area (Å²) in [5, 5.41) is 13.6. The van der Waals surface area contributed by atoms with Crippen LogP contribution in [0.15, 0.2) is 35.8 Å². The van der Waals surface area contributed by atoms with Crippen molar-refractivity contribution in [2.24, 2.45) is 0 Å². The second-order valence-electron chi connectivity index (χ2n) is 5.85. The molecule has 3 rings (SSSR count). The third-order valence-electron chi connectivity index (χ3n) is 4.14. The first-order valence-corrected chi connectivity index (χ1v) is 8.89. The fourth-order valence-electron chi connectivity index (χ4n) is 2.90. The van der Waals surface area contributed by atoms with Gasteiger partial charge in [-0.2, -0.15) is 0 Å². The summed E-state index contributed by atoms with van der Waals surface area (Å²) in [6, 6.07) is 10.7. The van der Waals surface area contributed by atoms with Crippen molar-refractivity contribution >= 4 is 22.5 Å². The molecule has 128 valence electrons. The molecule has 1 unspecified atom stereocenters. The van der Waals surface area contributed by atoms with E-state index in [1.165, 1.54) is 16.9 Å². The van der Waals surface area contributed by atoms with Crippen LogP contribution in [-0.4, -0.2) is 65.8 Å². The monoisotopic (exact) mass is 346 g/mol. The molecule has 1 aliphatic heterocycles. The SMILES string of the molecule is CN1CCN(CCNC(=O)Nc2nncs2)C(c2ccccc2)C1. The molecular weight excluding hydrogens is 324 g/mol. The number of rotatable bonds is 5. The van der Waals surface area contributed by atoms with Gasteiger partial charge in [-0.1, -0.05) is 41.7 Å². The minimum absolute atomic E-state index is 0.239. The number of likely N-dealkylation sites (N-methyl/N-ethyl adjacent to an activating group) is 1. The van der Waals surface area contributed by atoms with Crippen molar-refractivity contribution in [3.8, 4) is 0 Å². The Bertz CT molecular complexity index is 635. The average molecular weight is 346 g/mol. The molecule has 1 aliphatic rings. The van der Waals surface area contributed by atoms with Crippen molar-refractivity contribution in [1.82, 2.24) is 25.3 Å². The summed E-state index contributed by atoms with van der Waals surface area (Å²) in [6.45, 7) is 4.45. The molecule has 0 spiro atoms. The Labute approximate surface area is 145 Å². The first-order valence-electron chi connectivity index (χ1n) is 8.01. The van der Waals surface area contributed by atoms with Gasteiger partial charge in [-0.15, -0.1) is 10.2 Å². The van der Waals surface area contributed by atoms with Gasteiger partial charge in [0.15, 0.2) is 0 Å². The van der Waals surface area contributed by atoms with Gasteiger partial charge in [0, 0.05) is 38.8 Å². The maximum absolute atomic E-state index is 11.8. The number of urea groups is 1. The van der Waals surface area contributed by atoms with E-state index in [4.69, 9.17) is 0 Å². The molecule has 0 radical (unpaired) electrons. The Kier molecular flexibility index (Phi) is 5.73. The van der Waals surface area contributed by atoms with Crippen molar-refractivity contribution in [3.63, 3.8) is 0 Å². The largest absolute Gasteiger partial charge is 0.337 e. The molecule has 7 nitrogen and oxygen atoms in total. The van der Waals surface area contributed by atoms with E-state index in [1.807, 2.05) is 6.07 Å². The summed E-state index contributed by atoms with van der Waals surface area (Å²) in [6.07, 6.45) is 0. The summed E-state index contributed by atoms with van der Waals surface area (Å²) in [5.74, 6) is 0. The summed E-state index contributed by atoms with van der Waals surface area (Å²) in [7, 11) is 2.15. The van der Waals surface area contributed by atoms with Crippen LogP contribution in [0.1, 0.15) is 11.6 Å². The maximum Gasteiger partial charge on any atom is 0.321 e. The van der Waals surface area contributed by atoms with Gasteiger partial charge >= 0.3 is 6.03 Å². The number of aromatic nitrogens is 2. The van der Waals surface area contributed by atoms with Crippen LogP contribution >= 0.6 is 11.3 Å². The lowest BCUT2D eigenvalue weighted by molar-refractivity contribution is 0.0913. The van der Waals surface area contributed by atoms with Crippen LogP contribution in [0.25, 0.3) is 0 Å². The Hall–Kier alpha value is -2.03. The quantitative estimate of drug-likeness (QED) is 0.861. The van der Waals surface area contributed by atoms with E-state index in [0.29, 0.717) is 17.7 Å². The summed E-state index contributed by atoms with van der Waals surface area (Å²) >= 11 is 1.30. The number of benzene rings is 1. The van der Waals surface area contributed by atoms with Gasteiger partial charge in [-0.05, 0) is 12.6 Å². The molecule has 0 aliphatic carbocycles. The second-order valence-corrected chi connectivity index (χ2v) is 6.68. The lowest BCUT2D eigenvalue weighted by atomic mass is 10.0. The molecule has 2 amide bonds. The minimum atomic E-state index is -0.239. The highest BCUT2D eigenvalue weighted by molar-refractivity contribution is 7.13. The molecule has 2 N–H and O–H groups in total. The van der Waals surface area contributed by atoms with E-state index in [-0.39, 0.29) is 6.03 Å². The molecular formula is C16H22N6OS. The fourth-order valence-corrected chi connectivity index (χ4v) is 3.34. The number of hydrogen-bond acceptors (Lipinski definition) is 6. The van der Waals surface area contributed by atoms with Crippen molar-refractivity contribution in [2.75, 3.05) is 45.1 Å². The summed E-state index contributed by atoms with van der Waals surface area (Å²) < 4.78 is 0. The van der Waals surface area contributed by atoms with Crippen LogP contribution in [0.4, 0.5) is 9.93 Å². The number of amides is 2. The molecule has 1 fully saturated rings. The fraction of sp³-hybridized carbons (Fsp3) is 0.438. The van der Waals surface area contributed by atoms with Crippen LogP contribution < -0.4 is 10.6 Å². The van der Waals surface area contributed by atoms with Crippen LogP contribution in [0.5, 0.6) is 0 Å². The van der Waals surface area contributed by atoms with Gasteiger partial charge in [0.05, 0.1) is 0 Å². The van der Waals surface area contributed by atoms with Gasteiger partial charge in [0.2, 0.25) is 5.13 Å². The molecule has 24 heavy (non-hydrogen) atoms. The zero-order chi connectivity index (χ0) is 16.8. The highest BCUT2D eigenvalue weighted by atomic mass is 32.1. The first kappa shape index (κ1) is 16.8. The van der Waals surface area contributed by atoms with Gasteiger partial charge in [0.1, 0.15) is 5.51 Å². The van der Waals surface area contributed by atoms with Crippen molar-refractivity contribution in [3.05, 3.63) is 41.4 Å². The number of nitrogens with zero attached hydrogens (tertiary/aromatic N) is 4. The maximum atomic E-state index is 11.8. The molecule has 1 saturated heterocycles. The number of nitrogens with one attached hydrogen (secondary N) is 2. The van der Waals surface area contributed by atoms with Crippen LogP contribution in [-0.2, 0) is 0 Å². The van der Waals surface area contributed by atoms with Crippen molar-refractivity contribution in [1.29, 1.82) is 0 Å². The molecule has 8 heteroatoms. The average Bonchev–Trinajstić information content (AvgIpc) is 3.10. The normalized spacial score (nSPS) is 19.1. The van der Waals surface area contributed by atoms with Gasteiger partial charge < -0.3 is 10.2 Å². The van der Waals surface area contributed by atoms with Crippen LogP contribution in [0.2, 0.25) is 0 Å². The number of carbonyl (C=O) groups is 1. The Morgan fingerprint density at radius 3 is 2.92 bits per heavy atom. The Morgan fingerprint density at radius 1 is 1.33 bits per heavy atom. The topological polar surface area (TPSA) is 73.4 Å². The van der Waals surface area contributed by atoms with Gasteiger partial charge in [-0.25, -0.2) is 4.79 Å².